The molecule has 0 saturated heterocycles. The number of nitrogens with zero attached hydrogens (tertiary/aromatic N) is 2. The molecule has 3 rings (SSSR count). The van der Waals surface area contributed by atoms with Crippen LogP contribution in [0.5, 0.6) is 0 Å². The Morgan fingerprint density at radius 1 is 1.28 bits per heavy atom. The molecular formula is C18H25IN4S2. The Morgan fingerprint density at radius 3 is 2.64 bits per heavy atom. The summed E-state index contributed by atoms with van der Waals surface area (Å²) in [6.45, 7) is 3.89. The van der Waals surface area contributed by atoms with Crippen molar-refractivity contribution in [3.8, 4) is 0 Å². The van der Waals surface area contributed by atoms with Crippen molar-refractivity contribution in [1.82, 2.24) is 15.6 Å². The van der Waals surface area contributed by atoms with E-state index in [0.717, 1.165) is 25.5 Å². The molecule has 2 N–H and O–H groups in total. The Labute approximate surface area is 175 Å². The van der Waals surface area contributed by atoms with E-state index < -0.39 is 0 Å². The van der Waals surface area contributed by atoms with Crippen molar-refractivity contribution in [3.63, 3.8) is 0 Å². The first kappa shape index (κ1) is 20.5. The number of guanidine groups is 1. The number of aliphatic imine (C=N–C) groups is 1. The minimum Gasteiger partial charge on any atom is -0.356 e. The van der Waals surface area contributed by atoms with Crippen molar-refractivity contribution in [1.29, 1.82) is 0 Å². The molecule has 1 aliphatic carbocycles. The van der Waals surface area contributed by atoms with Crippen LogP contribution in [0.1, 0.15) is 22.7 Å². The average molecular weight is 488 g/mol. The molecule has 1 fully saturated rings. The maximum atomic E-state index is 4.40. The van der Waals surface area contributed by atoms with E-state index in [2.05, 4.69) is 57.9 Å². The number of rotatable bonds is 7. The van der Waals surface area contributed by atoms with E-state index >= 15 is 0 Å². The standard InChI is InChI=1S/C18H24N4S2.HI/c1-14-12-21-16(23-14)8-11-20-17(19-2)22-13-18(9-10-18)24-15-6-4-3-5-7-15;/h3-7,12H,8-11,13H2,1-2H3,(H2,19,20,22);1H. The maximum absolute atomic E-state index is 4.40. The van der Waals surface area contributed by atoms with Crippen LogP contribution in [-0.2, 0) is 6.42 Å². The summed E-state index contributed by atoms with van der Waals surface area (Å²) in [6, 6.07) is 10.7. The lowest BCUT2D eigenvalue weighted by molar-refractivity contribution is 0.759. The van der Waals surface area contributed by atoms with Gasteiger partial charge in [-0.3, -0.25) is 4.99 Å². The fourth-order valence-corrected chi connectivity index (χ4v) is 4.49. The number of thiazole rings is 1. The highest BCUT2D eigenvalue weighted by molar-refractivity contribution is 14.0. The van der Waals surface area contributed by atoms with Crippen molar-refractivity contribution in [2.24, 2.45) is 4.99 Å². The minimum absolute atomic E-state index is 0. The van der Waals surface area contributed by atoms with Crippen LogP contribution in [0.4, 0.5) is 0 Å². The Bertz CT molecular complexity index is 683. The van der Waals surface area contributed by atoms with Crippen molar-refractivity contribution < 1.29 is 0 Å². The maximum Gasteiger partial charge on any atom is 0.191 e. The smallest absolute Gasteiger partial charge is 0.191 e. The molecule has 0 aliphatic heterocycles. The van der Waals surface area contributed by atoms with Gasteiger partial charge in [0, 0.05) is 47.3 Å². The van der Waals surface area contributed by atoms with Crippen LogP contribution in [0.3, 0.4) is 0 Å². The van der Waals surface area contributed by atoms with Gasteiger partial charge in [0.15, 0.2) is 5.96 Å². The fourth-order valence-electron chi connectivity index (χ4n) is 2.46. The number of thioether (sulfide) groups is 1. The molecule has 1 saturated carbocycles. The number of aromatic nitrogens is 1. The quantitative estimate of drug-likeness (QED) is 0.350. The van der Waals surface area contributed by atoms with Gasteiger partial charge in [0.2, 0.25) is 0 Å². The lowest BCUT2D eigenvalue weighted by atomic mass is 10.4. The molecule has 4 nitrogen and oxygen atoms in total. The van der Waals surface area contributed by atoms with Crippen molar-refractivity contribution in [2.75, 3.05) is 20.1 Å². The van der Waals surface area contributed by atoms with E-state index in [1.54, 1.807) is 11.3 Å². The van der Waals surface area contributed by atoms with Gasteiger partial charge in [0.25, 0.3) is 0 Å². The summed E-state index contributed by atoms with van der Waals surface area (Å²) in [5.74, 6) is 0.878. The summed E-state index contributed by atoms with van der Waals surface area (Å²) in [5.41, 5.74) is 0. The average Bonchev–Trinajstić information content (AvgIpc) is 3.23. The summed E-state index contributed by atoms with van der Waals surface area (Å²) < 4.78 is 0.325. The van der Waals surface area contributed by atoms with Gasteiger partial charge in [0.1, 0.15) is 0 Å². The summed E-state index contributed by atoms with van der Waals surface area (Å²) in [6.07, 6.45) is 5.39. The zero-order valence-electron chi connectivity index (χ0n) is 14.6. The fraction of sp³-hybridized carbons (Fsp3) is 0.444. The first-order valence-corrected chi connectivity index (χ1v) is 9.92. The molecule has 2 aromatic rings. The Balaban J connectivity index is 0.00000225. The predicted molar refractivity (Wildman–Crippen MR) is 120 cm³/mol. The third-order valence-corrected chi connectivity index (χ3v) is 6.45. The second-order valence-electron chi connectivity index (χ2n) is 6.07. The first-order valence-electron chi connectivity index (χ1n) is 8.29. The van der Waals surface area contributed by atoms with E-state index in [0.29, 0.717) is 4.75 Å². The van der Waals surface area contributed by atoms with E-state index in [4.69, 9.17) is 0 Å². The molecule has 1 aliphatic rings. The Morgan fingerprint density at radius 2 is 2.04 bits per heavy atom. The number of halogens is 1. The van der Waals surface area contributed by atoms with Gasteiger partial charge in [-0.25, -0.2) is 4.98 Å². The van der Waals surface area contributed by atoms with Crippen molar-refractivity contribution in [3.05, 3.63) is 46.4 Å². The second kappa shape index (κ2) is 9.78. The SMILES string of the molecule is CN=C(NCCc1ncc(C)s1)NCC1(Sc2ccccc2)CC1.I. The van der Waals surface area contributed by atoms with Crippen molar-refractivity contribution in [2.45, 2.75) is 35.8 Å². The monoisotopic (exact) mass is 488 g/mol. The summed E-state index contributed by atoms with van der Waals surface area (Å²) in [5, 5.41) is 8.05. The van der Waals surface area contributed by atoms with E-state index in [1.807, 2.05) is 25.0 Å². The third kappa shape index (κ3) is 6.45. The van der Waals surface area contributed by atoms with Gasteiger partial charge in [-0.05, 0) is 31.9 Å². The Kier molecular flexibility index (Phi) is 8.02. The number of hydrogen-bond acceptors (Lipinski definition) is 4. The molecule has 0 amide bonds. The lowest BCUT2D eigenvalue weighted by Gasteiger charge is -2.18. The topological polar surface area (TPSA) is 49.3 Å². The van der Waals surface area contributed by atoms with Gasteiger partial charge >= 0.3 is 0 Å². The highest BCUT2D eigenvalue weighted by atomic mass is 127. The molecule has 0 bridgehead atoms. The third-order valence-electron chi connectivity index (χ3n) is 3.99. The molecule has 0 radical (unpaired) electrons. The van der Waals surface area contributed by atoms with Crippen LogP contribution in [-0.4, -0.2) is 35.8 Å². The van der Waals surface area contributed by atoms with Crippen LogP contribution in [0.25, 0.3) is 0 Å². The van der Waals surface area contributed by atoms with Gasteiger partial charge in [-0.1, -0.05) is 18.2 Å². The van der Waals surface area contributed by atoms with Gasteiger partial charge in [0.05, 0.1) is 5.01 Å². The zero-order valence-corrected chi connectivity index (χ0v) is 18.6. The minimum atomic E-state index is 0. The van der Waals surface area contributed by atoms with Crippen LogP contribution >= 0.6 is 47.1 Å². The molecule has 0 unspecified atom stereocenters. The summed E-state index contributed by atoms with van der Waals surface area (Å²) in [4.78, 5) is 11.3. The highest BCUT2D eigenvalue weighted by Crippen LogP contribution is 2.51. The normalized spacial score (nSPS) is 15.4. The number of aryl methyl sites for hydroxylation is 1. The van der Waals surface area contributed by atoms with E-state index in [1.165, 1.54) is 27.6 Å². The first-order chi connectivity index (χ1) is 11.7. The van der Waals surface area contributed by atoms with Gasteiger partial charge in [-0.15, -0.1) is 47.1 Å². The van der Waals surface area contributed by atoms with E-state index in [9.17, 15) is 0 Å². The molecule has 0 atom stereocenters. The van der Waals surface area contributed by atoms with Crippen LogP contribution in [0, 0.1) is 6.92 Å². The van der Waals surface area contributed by atoms with Crippen LogP contribution in [0.15, 0.2) is 46.4 Å². The molecule has 1 aromatic heterocycles. The van der Waals surface area contributed by atoms with E-state index in [-0.39, 0.29) is 24.0 Å². The van der Waals surface area contributed by atoms with Crippen LogP contribution in [0.2, 0.25) is 0 Å². The summed E-state index contributed by atoms with van der Waals surface area (Å²) in [7, 11) is 1.83. The number of nitrogens with one attached hydrogen (secondary N) is 2. The lowest BCUT2D eigenvalue weighted by Crippen LogP contribution is -2.41. The Hall–Kier alpha value is -0.800. The molecular weight excluding hydrogens is 463 g/mol. The number of benzene rings is 1. The van der Waals surface area contributed by atoms with Crippen LogP contribution < -0.4 is 10.6 Å². The molecule has 136 valence electrons. The molecule has 25 heavy (non-hydrogen) atoms. The zero-order chi connectivity index (χ0) is 16.8. The predicted octanol–water partition coefficient (Wildman–Crippen LogP) is 4.10. The van der Waals surface area contributed by atoms with Crippen molar-refractivity contribution >= 4 is 53.0 Å². The van der Waals surface area contributed by atoms with Gasteiger partial charge < -0.3 is 10.6 Å². The molecule has 7 heteroatoms. The second-order valence-corrected chi connectivity index (χ2v) is 8.93. The number of hydrogen-bond donors (Lipinski definition) is 2. The molecule has 1 heterocycles. The van der Waals surface area contributed by atoms with Gasteiger partial charge in [-0.2, -0.15) is 0 Å². The molecule has 1 aromatic carbocycles. The molecule has 0 spiro atoms. The highest BCUT2D eigenvalue weighted by Gasteiger charge is 2.43. The largest absolute Gasteiger partial charge is 0.356 e. The summed E-state index contributed by atoms with van der Waals surface area (Å²) >= 11 is 3.74.